The monoisotopic (exact) mass is 485 g/mol. The Morgan fingerprint density at radius 3 is 2.46 bits per heavy atom. The molecule has 5 rings (SSSR count). The zero-order chi connectivity index (χ0) is 24.6. The first-order valence-electron chi connectivity index (χ1n) is 11.6. The van der Waals surface area contributed by atoms with E-state index in [1.165, 1.54) is 12.1 Å². The SMILES string of the molecule is NC(=O)c1c2c(nn1-c1ccc(Oc3cccc(C(F)(F)F)c3)cc1)C(C1CCNCC1)CCN2. The van der Waals surface area contributed by atoms with E-state index in [0.717, 1.165) is 56.7 Å². The van der Waals surface area contributed by atoms with Crippen molar-refractivity contribution in [3.8, 4) is 17.2 Å². The van der Waals surface area contributed by atoms with Crippen LogP contribution in [0.25, 0.3) is 5.69 Å². The molecule has 0 bridgehead atoms. The van der Waals surface area contributed by atoms with Crippen molar-refractivity contribution >= 4 is 11.6 Å². The normalized spacial score (nSPS) is 18.5. The fourth-order valence-corrected chi connectivity index (χ4v) is 5.01. The Labute approximate surface area is 200 Å². The summed E-state index contributed by atoms with van der Waals surface area (Å²) in [4.78, 5) is 12.4. The molecule has 4 N–H and O–H groups in total. The molecule has 0 aliphatic carbocycles. The molecule has 184 valence electrons. The average molecular weight is 486 g/mol. The number of primary amides is 1. The van der Waals surface area contributed by atoms with Gasteiger partial charge in [0.15, 0.2) is 5.69 Å². The minimum atomic E-state index is -4.45. The maximum Gasteiger partial charge on any atom is 0.416 e. The lowest BCUT2D eigenvalue weighted by Gasteiger charge is -2.33. The molecule has 1 amide bonds. The number of fused-ring (bicyclic) bond motifs is 1. The van der Waals surface area contributed by atoms with Crippen LogP contribution in [-0.4, -0.2) is 35.3 Å². The third-order valence-electron chi connectivity index (χ3n) is 6.69. The van der Waals surface area contributed by atoms with E-state index in [2.05, 4.69) is 10.6 Å². The highest BCUT2D eigenvalue weighted by atomic mass is 19.4. The maximum absolute atomic E-state index is 13.0. The van der Waals surface area contributed by atoms with Gasteiger partial charge in [-0.1, -0.05) is 6.07 Å². The number of nitrogens with two attached hydrogens (primary N) is 1. The minimum absolute atomic E-state index is 0.0777. The summed E-state index contributed by atoms with van der Waals surface area (Å²) in [5, 5.41) is 11.5. The second kappa shape index (κ2) is 9.26. The number of hydrogen-bond donors (Lipinski definition) is 3. The summed E-state index contributed by atoms with van der Waals surface area (Å²) >= 11 is 0. The molecule has 3 aromatic rings. The zero-order valence-corrected chi connectivity index (χ0v) is 18.9. The van der Waals surface area contributed by atoms with Gasteiger partial charge in [0.25, 0.3) is 5.91 Å². The molecular weight excluding hydrogens is 459 g/mol. The lowest BCUT2D eigenvalue weighted by Crippen LogP contribution is -2.33. The number of halogens is 3. The van der Waals surface area contributed by atoms with E-state index < -0.39 is 17.6 Å². The Kier molecular flexibility index (Phi) is 6.14. The van der Waals surface area contributed by atoms with Crippen LogP contribution in [0.15, 0.2) is 48.5 Å². The molecule has 1 aromatic heterocycles. The van der Waals surface area contributed by atoms with Crippen LogP contribution in [-0.2, 0) is 6.18 Å². The Balaban J connectivity index is 1.43. The first kappa shape index (κ1) is 23.2. The predicted molar refractivity (Wildman–Crippen MR) is 125 cm³/mol. The Morgan fingerprint density at radius 1 is 1.03 bits per heavy atom. The molecule has 10 heteroatoms. The summed E-state index contributed by atoms with van der Waals surface area (Å²) in [6.07, 6.45) is -1.39. The van der Waals surface area contributed by atoms with E-state index in [-0.39, 0.29) is 11.7 Å². The van der Waals surface area contributed by atoms with Crippen molar-refractivity contribution in [2.24, 2.45) is 11.7 Å². The van der Waals surface area contributed by atoms with Crippen molar-refractivity contribution in [1.29, 1.82) is 0 Å². The lowest BCUT2D eigenvalue weighted by molar-refractivity contribution is -0.137. The van der Waals surface area contributed by atoms with Gasteiger partial charge in [0.1, 0.15) is 11.5 Å². The number of aromatic nitrogens is 2. The van der Waals surface area contributed by atoms with Crippen LogP contribution in [0.2, 0.25) is 0 Å². The summed E-state index contributed by atoms with van der Waals surface area (Å²) in [7, 11) is 0. The van der Waals surface area contributed by atoms with Gasteiger partial charge in [0, 0.05) is 12.5 Å². The van der Waals surface area contributed by atoms with E-state index in [9.17, 15) is 18.0 Å². The van der Waals surface area contributed by atoms with Crippen molar-refractivity contribution in [2.75, 3.05) is 25.0 Å². The molecular formula is C25H26F3N5O2. The van der Waals surface area contributed by atoms with E-state index in [1.54, 1.807) is 28.9 Å². The van der Waals surface area contributed by atoms with Crippen LogP contribution in [0.1, 0.15) is 46.9 Å². The summed E-state index contributed by atoms with van der Waals surface area (Å²) in [6, 6.07) is 11.4. The van der Waals surface area contributed by atoms with Crippen LogP contribution in [0.3, 0.4) is 0 Å². The number of benzene rings is 2. The molecule has 0 spiro atoms. The number of carbonyl (C=O) groups is 1. The average Bonchev–Trinajstić information content (AvgIpc) is 3.25. The van der Waals surface area contributed by atoms with Crippen molar-refractivity contribution in [1.82, 2.24) is 15.1 Å². The number of rotatable bonds is 5. The predicted octanol–water partition coefficient (Wildman–Crippen LogP) is 4.68. The quantitative estimate of drug-likeness (QED) is 0.488. The number of nitrogens with one attached hydrogen (secondary N) is 2. The molecule has 0 saturated carbocycles. The molecule has 2 aromatic carbocycles. The molecule has 3 heterocycles. The van der Waals surface area contributed by atoms with E-state index in [4.69, 9.17) is 15.6 Å². The highest BCUT2D eigenvalue weighted by Gasteiger charge is 2.35. The largest absolute Gasteiger partial charge is 0.457 e. The number of amides is 1. The number of carbonyl (C=O) groups excluding carboxylic acids is 1. The second-order valence-corrected chi connectivity index (χ2v) is 8.92. The number of alkyl halides is 3. The first-order chi connectivity index (χ1) is 16.8. The number of ether oxygens (including phenoxy) is 1. The molecule has 35 heavy (non-hydrogen) atoms. The summed E-state index contributed by atoms with van der Waals surface area (Å²) < 4.78 is 46.1. The van der Waals surface area contributed by atoms with Gasteiger partial charge >= 0.3 is 6.18 Å². The van der Waals surface area contributed by atoms with Gasteiger partial charge in [0.2, 0.25) is 0 Å². The van der Waals surface area contributed by atoms with E-state index in [1.807, 2.05) is 0 Å². The molecule has 1 unspecified atom stereocenters. The fraction of sp³-hybridized carbons (Fsp3) is 0.360. The fourth-order valence-electron chi connectivity index (χ4n) is 5.01. The smallest absolute Gasteiger partial charge is 0.416 e. The van der Waals surface area contributed by atoms with Gasteiger partial charge in [0.05, 0.1) is 22.6 Å². The van der Waals surface area contributed by atoms with Crippen LogP contribution >= 0.6 is 0 Å². The summed E-state index contributed by atoms with van der Waals surface area (Å²) in [5.74, 6) is 0.590. The van der Waals surface area contributed by atoms with Gasteiger partial charge in [-0.2, -0.15) is 18.3 Å². The highest BCUT2D eigenvalue weighted by Crippen LogP contribution is 2.41. The third-order valence-corrected chi connectivity index (χ3v) is 6.69. The van der Waals surface area contributed by atoms with Crippen molar-refractivity contribution in [3.63, 3.8) is 0 Å². The van der Waals surface area contributed by atoms with Crippen LogP contribution in [0.4, 0.5) is 18.9 Å². The molecule has 2 aliphatic rings. The molecule has 2 aliphatic heterocycles. The number of hydrogen-bond acceptors (Lipinski definition) is 5. The van der Waals surface area contributed by atoms with Gasteiger partial charge in [-0.25, -0.2) is 4.68 Å². The molecule has 1 fully saturated rings. The van der Waals surface area contributed by atoms with Gasteiger partial charge < -0.3 is 21.1 Å². The van der Waals surface area contributed by atoms with Crippen LogP contribution in [0, 0.1) is 5.92 Å². The summed E-state index contributed by atoms with van der Waals surface area (Å²) in [5.41, 5.74) is 7.43. The standard InChI is InChI=1S/C25H26F3N5O2/c26-25(27,28)16-2-1-3-19(14-16)35-18-6-4-17(5-7-18)33-23(24(29)34)22-21(32-33)20(10-13-31-22)15-8-11-30-12-9-15/h1-7,14-15,20,30-31H,8-13H2,(H2,29,34). The molecule has 1 saturated heterocycles. The van der Waals surface area contributed by atoms with Gasteiger partial charge in [-0.15, -0.1) is 0 Å². The van der Waals surface area contributed by atoms with E-state index >= 15 is 0 Å². The molecule has 0 radical (unpaired) electrons. The van der Waals surface area contributed by atoms with Crippen LogP contribution in [0.5, 0.6) is 11.5 Å². The maximum atomic E-state index is 13.0. The number of piperidine rings is 1. The lowest BCUT2D eigenvalue weighted by atomic mass is 9.79. The van der Waals surface area contributed by atoms with Crippen molar-refractivity contribution in [3.05, 3.63) is 65.5 Å². The molecule has 7 nitrogen and oxygen atoms in total. The number of nitrogens with zero attached hydrogens (tertiary/aromatic N) is 2. The number of anilines is 1. The second-order valence-electron chi connectivity index (χ2n) is 8.92. The molecule has 1 atom stereocenters. The van der Waals surface area contributed by atoms with Crippen molar-refractivity contribution < 1.29 is 22.7 Å². The van der Waals surface area contributed by atoms with Gasteiger partial charge in [-0.05, 0) is 80.7 Å². The summed E-state index contributed by atoms with van der Waals surface area (Å²) in [6.45, 7) is 2.69. The van der Waals surface area contributed by atoms with E-state index in [0.29, 0.717) is 28.7 Å². The first-order valence-corrected chi connectivity index (χ1v) is 11.6. The highest BCUT2D eigenvalue weighted by molar-refractivity contribution is 5.98. The minimum Gasteiger partial charge on any atom is -0.457 e. The topological polar surface area (TPSA) is 94.2 Å². The Morgan fingerprint density at radius 2 is 1.77 bits per heavy atom. The zero-order valence-electron chi connectivity index (χ0n) is 18.9. The Bertz CT molecular complexity index is 1220. The van der Waals surface area contributed by atoms with Gasteiger partial charge in [-0.3, -0.25) is 4.79 Å². The Hall–Kier alpha value is -3.53. The van der Waals surface area contributed by atoms with Crippen LogP contribution < -0.4 is 21.1 Å². The van der Waals surface area contributed by atoms with Crippen molar-refractivity contribution in [2.45, 2.75) is 31.4 Å². The third kappa shape index (κ3) is 4.70.